The first-order valence-corrected chi connectivity index (χ1v) is 14.7. The number of ether oxygens (including phenoxy) is 1. The summed E-state index contributed by atoms with van der Waals surface area (Å²) in [5.74, 6) is 2.84. The molecule has 0 aromatic heterocycles. The van der Waals surface area contributed by atoms with Crippen molar-refractivity contribution in [2.75, 3.05) is 22.4 Å². The van der Waals surface area contributed by atoms with Gasteiger partial charge in [-0.05, 0) is 104 Å². The molecule has 4 aliphatic carbocycles. The Morgan fingerprint density at radius 1 is 1.00 bits per heavy atom. The normalized spacial score (nSPS) is 31.4. The Morgan fingerprint density at radius 3 is 2.23 bits per heavy atom. The van der Waals surface area contributed by atoms with E-state index in [-0.39, 0.29) is 18.9 Å². The van der Waals surface area contributed by atoms with Gasteiger partial charge in [-0.2, -0.15) is 0 Å². The highest BCUT2D eigenvalue weighted by Gasteiger charge is 2.51. The van der Waals surface area contributed by atoms with E-state index in [1.807, 2.05) is 25.1 Å². The van der Waals surface area contributed by atoms with Gasteiger partial charge in [0.2, 0.25) is 10.0 Å². The molecule has 1 unspecified atom stereocenters. The van der Waals surface area contributed by atoms with E-state index < -0.39 is 16.1 Å². The Balaban J connectivity index is 1.18. The molecular weight excluding hydrogens is 460 g/mol. The molecule has 4 saturated carbocycles. The number of benzene rings is 2. The first kappa shape index (κ1) is 22.9. The molecule has 2 aromatic rings. The summed E-state index contributed by atoms with van der Waals surface area (Å²) < 4.78 is 32.2. The van der Waals surface area contributed by atoms with Gasteiger partial charge < -0.3 is 10.1 Å². The Morgan fingerprint density at radius 2 is 1.63 bits per heavy atom. The average Bonchev–Trinajstić information content (AvgIpc) is 2.98. The highest BCUT2D eigenvalue weighted by atomic mass is 32.2. The lowest BCUT2D eigenvalue weighted by Crippen LogP contribution is -2.48. The molecule has 6 nitrogen and oxygen atoms in total. The lowest BCUT2D eigenvalue weighted by Gasteiger charge is -2.57. The summed E-state index contributed by atoms with van der Waals surface area (Å²) in [6.45, 7) is 2.10. The summed E-state index contributed by atoms with van der Waals surface area (Å²) in [6.07, 6.45) is 8.91. The number of aryl methyl sites for hydroxylation is 1. The standard InChI is InChI=1S/C28H34N2O4S/c1-18-3-8-25-24(11-18)30(35(2,32)33)10-9-26(34-25)27(31)29-23-6-4-22(5-7-23)28-15-19-12-20(16-28)14-21(13-19)17-28/h3-8,11,19-21,26H,9-10,12-17H2,1-2H3,(H,29,31). The van der Waals surface area contributed by atoms with Crippen LogP contribution in [0.5, 0.6) is 5.75 Å². The Kier molecular flexibility index (Phi) is 5.40. The molecular formula is C28H34N2O4S. The maximum atomic E-state index is 13.2. The van der Waals surface area contributed by atoms with E-state index in [1.54, 1.807) is 12.1 Å². The quantitative estimate of drug-likeness (QED) is 0.648. The number of fused-ring (bicyclic) bond motifs is 1. The summed E-state index contributed by atoms with van der Waals surface area (Å²) in [5, 5.41) is 3.00. The number of hydrogen-bond acceptors (Lipinski definition) is 4. The van der Waals surface area contributed by atoms with Crippen LogP contribution in [0.3, 0.4) is 0 Å². The highest BCUT2D eigenvalue weighted by molar-refractivity contribution is 7.92. The van der Waals surface area contributed by atoms with Gasteiger partial charge in [-0.3, -0.25) is 9.10 Å². The zero-order valence-electron chi connectivity index (χ0n) is 20.5. The van der Waals surface area contributed by atoms with E-state index in [2.05, 4.69) is 17.4 Å². The minimum atomic E-state index is -3.49. The van der Waals surface area contributed by atoms with Gasteiger partial charge >= 0.3 is 0 Å². The second kappa shape index (κ2) is 8.26. The monoisotopic (exact) mass is 494 g/mol. The van der Waals surface area contributed by atoms with Crippen molar-refractivity contribution in [3.8, 4) is 5.75 Å². The molecule has 186 valence electrons. The number of amides is 1. The first-order chi connectivity index (χ1) is 16.7. The van der Waals surface area contributed by atoms with Gasteiger partial charge in [0.25, 0.3) is 5.91 Å². The zero-order chi connectivity index (χ0) is 24.4. The van der Waals surface area contributed by atoms with Crippen molar-refractivity contribution in [1.82, 2.24) is 0 Å². The molecule has 4 bridgehead atoms. The molecule has 1 atom stereocenters. The van der Waals surface area contributed by atoms with Crippen molar-refractivity contribution in [2.24, 2.45) is 17.8 Å². The molecule has 2 aromatic carbocycles. The number of carbonyl (C=O) groups excluding carboxylic acids is 1. The van der Waals surface area contributed by atoms with E-state index in [0.717, 1.165) is 29.0 Å². The van der Waals surface area contributed by atoms with Crippen molar-refractivity contribution < 1.29 is 17.9 Å². The Hall–Kier alpha value is -2.54. The smallest absolute Gasteiger partial charge is 0.265 e. The minimum absolute atomic E-state index is 0.193. The predicted molar refractivity (Wildman–Crippen MR) is 137 cm³/mol. The lowest BCUT2D eigenvalue weighted by molar-refractivity contribution is -0.122. The molecule has 5 aliphatic rings. The number of hydrogen-bond donors (Lipinski definition) is 1. The third-order valence-electron chi connectivity index (χ3n) is 8.74. The number of carbonyl (C=O) groups is 1. The van der Waals surface area contributed by atoms with Crippen LogP contribution in [0, 0.1) is 24.7 Å². The Bertz CT molecular complexity index is 1220. The van der Waals surface area contributed by atoms with Crippen LogP contribution in [0.25, 0.3) is 0 Å². The van der Waals surface area contributed by atoms with Gasteiger partial charge in [0.05, 0.1) is 11.9 Å². The van der Waals surface area contributed by atoms with Crippen LogP contribution < -0.4 is 14.4 Å². The van der Waals surface area contributed by atoms with Crippen LogP contribution in [0.4, 0.5) is 11.4 Å². The molecule has 7 heteroatoms. The topological polar surface area (TPSA) is 75.7 Å². The zero-order valence-corrected chi connectivity index (χ0v) is 21.3. The van der Waals surface area contributed by atoms with Crippen LogP contribution in [0.15, 0.2) is 42.5 Å². The molecule has 7 rings (SSSR count). The first-order valence-electron chi connectivity index (χ1n) is 12.8. The van der Waals surface area contributed by atoms with Gasteiger partial charge in [-0.1, -0.05) is 18.2 Å². The Labute approximate surface area is 208 Å². The van der Waals surface area contributed by atoms with Crippen molar-refractivity contribution in [1.29, 1.82) is 0 Å². The fourth-order valence-corrected chi connectivity index (χ4v) is 8.55. The maximum absolute atomic E-state index is 13.2. The SMILES string of the molecule is Cc1ccc2c(c1)N(S(C)(=O)=O)CCC(C(=O)Nc1ccc(C34CC5CC(CC(C5)C3)C4)cc1)O2. The van der Waals surface area contributed by atoms with Crippen molar-refractivity contribution in [2.45, 2.75) is 63.4 Å². The van der Waals surface area contributed by atoms with E-state index >= 15 is 0 Å². The minimum Gasteiger partial charge on any atom is -0.478 e. The van der Waals surface area contributed by atoms with E-state index in [0.29, 0.717) is 16.9 Å². The van der Waals surface area contributed by atoms with Crippen LogP contribution in [0.1, 0.15) is 56.1 Å². The van der Waals surface area contributed by atoms with Crippen molar-refractivity contribution >= 4 is 27.3 Å². The second-order valence-electron chi connectivity index (χ2n) is 11.5. The largest absolute Gasteiger partial charge is 0.478 e. The molecule has 4 fully saturated rings. The fourth-order valence-electron chi connectivity index (χ4n) is 7.61. The number of nitrogens with one attached hydrogen (secondary N) is 1. The van der Waals surface area contributed by atoms with E-state index in [1.165, 1.54) is 54.6 Å². The maximum Gasteiger partial charge on any atom is 0.265 e. The van der Waals surface area contributed by atoms with Gasteiger partial charge in [-0.15, -0.1) is 0 Å². The van der Waals surface area contributed by atoms with E-state index in [4.69, 9.17) is 4.74 Å². The number of nitrogens with zero attached hydrogens (tertiary/aromatic N) is 1. The molecule has 1 heterocycles. The average molecular weight is 495 g/mol. The van der Waals surface area contributed by atoms with Crippen molar-refractivity contribution in [3.63, 3.8) is 0 Å². The predicted octanol–water partition coefficient (Wildman–Crippen LogP) is 5.02. The highest BCUT2D eigenvalue weighted by Crippen LogP contribution is 2.60. The number of sulfonamides is 1. The summed E-state index contributed by atoms with van der Waals surface area (Å²) in [7, 11) is -3.49. The summed E-state index contributed by atoms with van der Waals surface area (Å²) in [5.41, 5.74) is 3.93. The molecule has 0 saturated heterocycles. The van der Waals surface area contributed by atoms with Crippen molar-refractivity contribution in [3.05, 3.63) is 53.6 Å². The summed E-state index contributed by atoms with van der Waals surface area (Å²) in [4.78, 5) is 13.2. The molecule has 35 heavy (non-hydrogen) atoms. The third-order valence-corrected chi connectivity index (χ3v) is 9.92. The molecule has 0 spiro atoms. The van der Waals surface area contributed by atoms with Gasteiger partial charge in [0.1, 0.15) is 5.75 Å². The van der Waals surface area contributed by atoms with Crippen LogP contribution in [-0.4, -0.2) is 33.2 Å². The summed E-state index contributed by atoms with van der Waals surface area (Å²) in [6, 6.07) is 13.9. The molecule has 1 amide bonds. The molecule has 1 aliphatic heterocycles. The third kappa shape index (κ3) is 4.22. The molecule has 1 N–H and O–H groups in total. The van der Waals surface area contributed by atoms with E-state index in [9.17, 15) is 13.2 Å². The van der Waals surface area contributed by atoms with Gasteiger partial charge in [-0.25, -0.2) is 8.42 Å². The van der Waals surface area contributed by atoms with Crippen LogP contribution in [0.2, 0.25) is 0 Å². The van der Waals surface area contributed by atoms with Crippen LogP contribution in [-0.2, 0) is 20.2 Å². The molecule has 0 radical (unpaired) electrons. The van der Waals surface area contributed by atoms with Gasteiger partial charge in [0, 0.05) is 18.7 Å². The van der Waals surface area contributed by atoms with Crippen LogP contribution >= 0.6 is 0 Å². The van der Waals surface area contributed by atoms with Gasteiger partial charge in [0.15, 0.2) is 6.10 Å². The second-order valence-corrected chi connectivity index (χ2v) is 13.4. The fraction of sp³-hybridized carbons (Fsp3) is 0.536. The number of rotatable bonds is 4. The lowest BCUT2D eigenvalue weighted by atomic mass is 9.48. The summed E-state index contributed by atoms with van der Waals surface area (Å²) >= 11 is 0. The number of anilines is 2.